The molecule has 0 spiro atoms. The lowest BCUT2D eigenvalue weighted by atomic mass is 10.2. The average molecular weight is 366 g/mol. The average Bonchev–Trinajstić information content (AvgIpc) is 3.05. The fourth-order valence-corrected chi connectivity index (χ4v) is 4.10. The molecule has 0 saturated carbocycles. The van der Waals surface area contributed by atoms with Crippen LogP contribution in [0.2, 0.25) is 0 Å². The normalized spacial score (nSPS) is 11.2. The fourth-order valence-electron chi connectivity index (χ4n) is 2.19. The van der Waals surface area contributed by atoms with E-state index in [4.69, 9.17) is 0 Å². The van der Waals surface area contributed by atoms with Crippen molar-refractivity contribution >= 4 is 38.8 Å². The molecule has 2 aromatic heterocycles. The smallest absolute Gasteiger partial charge is 0.269 e. The molecule has 2 aromatic rings. The van der Waals surface area contributed by atoms with Gasteiger partial charge in [0.25, 0.3) is 5.91 Å². The standard InChI is InChI=1S/C16H23N5OS2/c1-8(2)14-19-20-15(24-14)18-13(22)12-11(7)17-16(23-12)21(9(3)4)10(5)6/h8,10H,3H2,1-2,4-7H3,(H,18,20,22). The first-order chi connectivity index (χ1) is 11.2. The zero-order valence-electron chi connectivity index (χ0n) is 14.9. The van der Waals surface area contributed by atoms with Gasteiger partial charge >= 0.3 is 0 Å². The van der Waals surface area contributed by atoms with Crippen LogP contribution in [0.5, 0.6) is 0 Å². The Kier molecular flexibility index (Phi) is 5.71. The molecular formula is C16H23N5OS2. The zero-order chi connectivity index (χ0) is 18.0. The van der Waals surface area contributed by atoms with Crippen molar-refractivity contribution in [2.75, 3.05) is 10.2 Å². The van der Waals surface area contributed by atoms with Gasteiger partial charge in [0.15, 0.2) is 5.13 Å². The second-order valence-corrected chi connectivity index (χ2v) is 8.15. The maximum Gasteiger partial charge on any atom is 0.269 e. The van der Waals surface area contributed by atoms with Crippen molar-refractivity contribution in [2.45, 2.75) is 53.5 Å². The van der Waals surface area contributed by atoms with E-state index in [1.165, 1.54) is 22.7 Å². The molecule has 0 atom stereocenters. The highest BCUT2D eigenvalue weighted by Crippen LogP contribution is 2.31. The van der Waals surface area contributed by atoms with Crippen molar-refractivity contribution in [3.63, 3.8) is 0 Å². The number of amides is 1. The third kappa shape index (κ3) is 3.99. The lowest BCUT2D eigenvalue weighted by Crippen LogP contribution is -2.28. The van der Waals surface area contributed by atoms with Gasteiger partial charge in [0.05, 0.1) is 5.69 Å². The van der Waals surface area contributed by atoms with E-state index in [1.54, 1.807) is 0 Å². The Balaban J connectivity index is 2.22. The van der Waals surface area contributed by atoms with Crippen LogP contribution in [0.1, 0.15) is 60.9 Å². The van der Waals surface area contributed by atoms with Gasteiger partial charge in [-0.25, -0.2) is 4.98 Å². The minimum absolute atomic E-state index is 0.201. The Hall–Kier alpha value is -1.80. The minimum atomic E-state index is -0.201. The molecule has 2 rings (SSSR count). The lowest BCUT2D eigenvalue weighted by molar-refractivity contribution is 0.102. The predicted molar refractivity (Wildman–Crippen MR) is 101 cm³/mol. The van der Waals surface area contributed by atoms with Crippen molar-refractivity contribution in [1.82, 2.24) is 15.2 Å². The number of nitrogens with zero attached hydrogens (tertiary/aromatic N) is 4. The predicted octanol–water partition coefficient (Wildman–Crippen LogP) is 4.43. The number of carbonyl (C=O) groups excluding carboxylic acids is 1. The van der Waals surface area contributed by atoms with E-state index >= 15 is 0 Å². The number of aryl methyl sites for hydroxylation is 1. The summed E-state index contributed by atoms with van der Waals surface area (Å²) in [7, 11) is 0. The van der Waals surface area contributed by atoms with Gasteiger partial charge in [-0.05, 0) is 27.7 Å². The third-order valence-electron chi connectivity index (χ3n) is 3.28. The van der Waals surface area contributed by atoms with Gasteiger partial charge in [-0.1, -0.05) is 43.1 Å². The van der Waals surface area contributed by atoms with Gasteiger partial charge in [-0.15, -0.1) is 10.2 Å². The highest BCUT2D eigenvalue weighted by Gasteiger charge is 2.22. The number of allylic oxidation sites excluding steroid dienone is 1. The molecule has 0 aliphatic carbocycles. The van der Waals surface area contributed by atoms with Crippen LogP contribution in [0, 0.1) is 6.92 Å². The first kappa shape index (κ1) is 18.5. The first-order valence-corrected chi connectivity index (χ1v) is 9.41. The number of thiazole rings is 1. The van der Waals surface area contributed by atoms with Crippen LogP contribution in [0.25, 0.3) is 0 Å². The van der Waals surface area contributed by atoms with Gasteiger partial charge in [0.1, 0.15) is 9.88 Å². The van der Waals surface area contributed by atoms with Crippen molar-refractivity contribution in [1.29, 1.82) is 0 Å². The molecule has 2 heterocycles. The molecule has 0 radical (unpaired) electrons. The van der Waals surface area contributed by atoms with Crippen LogP contribution in [0.15, 0.2) is 12.3 Å². The molecule has 0 bridgehead atoms. The summed E-state index contributed by atoms with van der Waals surface area (Å²) in [5.74, 6) is 0.0909. The van der Waals surface area contributed by atoms with Crippen LogP contribution in [0.4, 0.5) is 10.3 Å². The largest absolute Gasteiger partial charge is 0.320 e. The Morgan fingerprint density at radius 1 is 1.21 bits per heavy atom. The zero-order valence-corrected chi connectivity index (χ0v) is 16.5. The molecular weight excluding hydrogens is 342 g/mol. The van der Waals surface area contributed by atoms with E-state index in [2.05, 4.69) is 40.9 Å². The van der Waals surface area contributed by atoms with E-state index in [1.807, 2.05) is 32.6 Å². The summed E-state index contributed by atoms with van der Waals surface area (Å²) in [6, 6.07) is 0.223. The van der Waals surface area contributed by atoms with Crippen LogP contribution >= 0.6 is 22.7 Å². The molecule has 0 aliphatic rings. The maximum absolute atomic E-state index is 12.5. The summed E-state index contributed by atoms with van der Waals surface area (Å²) in [5.41, 5.74) is 1.60. The number of carbonyl (C=O) groups is 1. The molecule has 6 nitrogen and oxygen atoms in total. The molecule has 0 fully saturated rings. The molecule has 8 heteroatoms. The topological polar surface area (TPSA) is 71.0 Å². The Morgan fingerprint density at radius 2 is 1.88 bits per heavy atom. The summed E-state index contributed by atoms with van der Waals surface area (Å²) >= 11 is 2.76. The molecule has 24 heavy (non-hydrogen) atoms. The van der Waals surface area contributed by atoms with Gasteiger partial charge in [-0.3, -0.25) is 10.1 Å². The number of anilines is 2. The van der Waals surface area contributed by atoms with Gasteiger partial charge in [0, 0.05) is 17.7 Å². The highest BCUT2D eigenvalue weighted by molar-refractivity contribution is 7.18. The molecule has 130 valence electrons. The van der Waals surface area contributed by atoms with E-state index in [9.17, 15) is 4.79 Å². The Labute approximate surface area is 150 Å². The van der Waals surface area contributed by atoms with Crippen LogP contribution in [-0.2, 0) is 0 Å². The second-order valence-electron chi connectivity index (χ2n) is 6.16. The number of nitrogens with one attached hydrogen (secondary N) is 1. The van der Waals surface area contributed by atoms with Gasteiger partial charge in [-0.2, -0.15) is 0 Å². The monoisotopic (exact) mass is 365 g/mol. The summed E-state index contributed by atoms with van der Waals surface area (Å²) < 4.78 is 0. The molecule has 1 N–H and O–H groups in total. The summed E-state index contributed by atoms with van der Waals surface area (Å²) in [6.45, 7) is 16.0. The quantitative estimate of drug-likeness (QED) is 0.820. The van der Waals surface area contributed by atoms with Crippen molar-refractivity contribution in [3.8, 4) is 0 Å². The molecule has 0 aromatic carbocycles. The molecule has 0 aliphatic heterocycles. The van der Waals surface area contributed by atoms with Crippen LogP contribution in [0.3, 0.4) is 0 Å². The van der Waals surface area contributed by atoms with E-state index in [0.29, 0.717) is 21.6 Å². The maximum atomic E-state index is 12.5. The third-order valence-corrected chi connectivity index (χ3v) is 5.57. The summed E-state index contributed by atoms with van der Waals surface area (Å²) in [6.07, 6.45) is 0. The Morgan fingerprint density at radius 3 is 2.38 bits per heavy atom. The molecule has 1 amide bonds. The summed E-state index contributed by atoms with van der Waals surface area (Å²) in [5, 5.41) is 13.1. The fraction of sp³-hybridized carbons (Fsp3) is 0.500. The SMILES string of the molecule is C=C(C)N(c1nc(C)c(C(=O)Nc2nnc(C(C)C)s2)s1)C(C)C. The van der Waals surface area contributed by atoms with Gasteiger partial charge in [0.2, 0.25) is 5.13 Å². The summed E-state index contributed by atoms with van der Waals surface area (Å²) in [4.78, 5) is 19.7. The minimum Gasteiger partial charge on any atom is -0.320 e. The van der Waals surface area contributed by atoms with Crippen LogP contribution < -0.4 is 10.2 Å². The molecule has 0 saturated heterocycles. The van der Waals surface area contributed by atoms with E-state index in [-0.39, 0.29) is 11.9 Å². The number of rotatable bonds is 6. The number of aromatic nitrogens is 3. The molecule has 0 unspecified atom stereocenters. The van der Waals surface area contributed by atoms with Crippen molar-refractivity contribution in [2.24, 2.45) is 0 Å². The number of hydrogen-bond acceptors (Lipinski definition) is 7. The van der Waals surface area contributed by atoms with Crippen molar-refractivity contribution < 1.29 is 4.79 Å². The Bertz CT molecular complexity index is 747. The number of hydrogen-bond donors (Lipinski definition) is 1. The second kappa shape index (κ2) is 7.40. The highest BCUT2D eigenvalue weighted by atomic mass is 32.1. The van der Waals surface area contributed by atoms with E-state index in [0.717, 1.165) is 15.8 Å². The lowest BCUT2D eigenvalue weighted by Gasteiger charge is -2.25. The van der Waals surface area contributed by atoms with E-state index < -0.39 is 0 Å². The first-order valence-electron chi connectivity index (χ1n) is 7.77. The van der Waals surface area contributed by atoms with Gasteiger partial charge < -0.3 is 4.90 Å². The van der Waals surface area contributed by atoms with Crippen molar-refractivity contribution in [3.05, 3.63) is 27.9 Å². The van der Waals surface area contributed by atoms with Crippen LogP contribution in [-0.4, -0.2) is 27.1 Å².